The molecule has 2 aromatic carbocycles. The van der Waals surface area contributed by atoms with Gasteiger partial charge in [-0.15, -0.1) is 0 Å². The van der Waals surface area contributed by atoms with Crippen LogP contribution in [0.2, 0.25) is 0 Å². The highest BCUT2D eigenvalue weighted by Crippen LogP contribution is 2.27. The topological polar surface area (TPSA) is 58.9 Å². The van der Waals surface area contributed by atoms with Gasteiger partial charge in [-0.3, -0.25) is 0 Å². The van der Waals surface area contributed by atoms with Gasteiger partial charge in [0.05, 0.1) is 0 Å². The number of nitriles is 1. The van der Waals surface area contributed by atoms with Crippen molar-refractivity contribution in [1.29, 1.82) is 5.26 Å². The van der Waals surface area contributed by atoms with Gasteiger partial charge in [-0.2, -0.15) is 5.26 Å². The Balaban J connectivity index is 1.80. The molecule has 4 rings (SSSR count). The molecule has 0 saturated carbocycles. The second-order valence-electron chi connectivity index (χ2n) is 5.94. The average Bonchev–Trinajstić information content (AvgIpc) is 3.05. The summed E-state index contributed by atoms with van der Waals surface area (Å²) in [6.07, 6.45) is 0. The minimum absolute atomic E-state index is 0.294. The molecule has 0 N–H and O–H groups in total. The molecular weight excluding hydrogens is 331 g/mol. The first-order valence-electron chi connectivity index (χ1n) is 8.02. The van der Waals surface area contributed by atoms with Crippen LogP contribution >= 0.6 is 0 Å². The molecule has 0 aliphatic rings. The van der Waals surface area contributed by atoms with Gasteiger partial charge in [0.1, 0.15) is 23.2 Å². The smallest absolute Gasteiger partial charge is 0.336 e. The molecule has 0 radical (unpaired) electrons. The van der Waals surface area contributed by atoms with Crippen molar-refractivity contribution >= 4 is 11.0 Å². The fraction of sp³-hybridized carbons (Fsp3) is 0.0476. The van der Waals surface area contributed by atoms with Crippen LogP contribution in [0.25, 0.3) is 22.2 Å². The van der Waals surface area contributed by atoms with Crippen LogP contribution in [0.15, 0.2) is 75.9 Å². The lowest BCUT2D eigenvalue weighted by atomic mass is 10.1. The first kappa shape index (κ1) is 15.9. The van der Waals surface area contributed by atoms with Crippen molar-refractivity contribution in [3.05, 3.63) is 94.2 Å². The maximum absolute atomic E-state index is 13.1. The maximum atomic E-state index is 13.1. The number of nitrogens with zero attached hydrogens (tertiary/aromatic N) is 2. The summed E-state index contributed by atoms with van der Waals surface area (Å²) in [6, 6.07) is 20.6. The number of aromatic nitrogens is 1. The second-order valence-corrected chi connectivity index (χ2v) is 5.94. The lowest BCUT2D eigenvalue weighted by Gasteiger charge is -2.12. The van der Waals surface area contributed by atoms with Gasteiger partial charge < -0.3 is 8.98 Å². The van der Waals surface area contributed by atoms with E-state index in [-0.39, 0.29) is 5.82 Å². The number of rotatable bonds is 3. The van der Waals surface area contributed by atoms with Gasteiger partial charge in [0.15, 0.2) is 0 Å². The third-order valence-corrected chi connectivity index (χ3v) is 4.26. The zero-order valence-corrected chi connectivity index (χ0v) is 13.6. The predicted molar refractivity (Wildman–Crippen MR) is 96.1 cm³/mol. The molecular formula is C21H13FN2O2. The van der Waals surface area contributed by atoms with Crippen LogP contribution in [-0.4, -0.2) is 4.57 Å². The SMILES string of the molecule is N#Cc1ccc(-c2ccc3oc(=O)ccc3c2)n1Cc1ccc(F)cc1. The van der Waals surface area contributed by atoms with Crippen molar-refractivity contribution < 1.29 is 8.81 Å². The minimum atomic E-state index is -0.392. The molecule has 0 saturated heterocycles. The molecule has 4 aromatic rings. The van der Waals surface area contributed by atoms with Gasteiger partial charge in [0, 0.05) is 23.7 Å². The highest BCUT2D eigenvalue weighted by Gasteiger charge is 2.11. The fourth-order valence-electron chi connectivity index (χ4n) is 2.99. The van der Waals surface area contributed by atoms with E-state index >= 15 is 0 Å². The molecule has 2 heterocycles. The minimum Gasteiger partial charge on any atom is -0.423 e. The van der Waals surface area contributed by atoms with Crippen molar-refractivity contribution in [1.82, 2.24) is 4.57 Å². The monoisotopic (exact) mass is 344 g/mol. The molecule has 4 nitrogen and oxygen atoms in total. The van der Waals surface area contributed by atoms with E-state index < -0.39 is 5.63 Å². The summed E-state index contributed by atoms with van der Waals surface area (Å²) in [7, 11) is 0. The Hall–Kier alpha value is -3.65. The van der Waals surface area contributed by atoms with Crippen LogP contribution in [0.5, 0.6) is 0 Å². The molecule has 0 bridgehead atoms. The maximum Gasteiger partial charge on any atom is 0.336 e. The summed E-state index contributed by atoms with van der Waals surface area (Å²) in [5.41, 5.74) is 3.29. The lowest BCUT2D eigenvalue weighted by molar-refractivity contribution is 0.561. The molecule has 0 aliphatic carbocycles. The summed E-state index contributed by atoms with van der Waals surface area (Å²) >= 11 is 0. The van der Waals surface area contributed by atoms with Crippen molar-refractivity contribution in [2.75, 3.05) is 0 Å². The first-order valence-corrected chi connectivity index (χ1v) is 8.02. The van der Waals surface area contributed by atoms with Crippen LogP contribution in [-0.2, 0) is 6.54 Å². The van der Waals surface area contributed by atoms with Crippen LogP contribution in [0, 0.1) is 17.1 Å². The molecule has 0 aliphatic heterocycles. The Morgan fingerprint density at radius 1 is 1.00 bits per heavy atom. The number of halogens is 1. The molecule has 126 valence electrons. The van der Waals surface area contributed by atoms with Gasteiger partial charge >= 0.3 is 5.63 Å². The summed E-state index contributed by atoms with van der Waals surface area (Å²) in [6.45, 7) is 0.452. The Morgan fingerprint density at radius 2 is 1.81 bits per heavy atom. The Kier molecular flexibility index (Phi) is 3.86. The van der Waals surface area contributed by atoms with Crippen molar-refractivity contribution in [2.45, 2.75) is 6.54 Å². The van der Waals surface area contributed by atoms with Gasteiger partial charge in [-0.1, -0.05) is 12.1 Å². The molecule has 5 heteroatoms. The van der Waals surface area contributed by atoms with E-state index in [0.29, 0.717) is 17.8 Å². The third kappa shape index (κ3) is 2.89. The van der Waals surface area contributed by atoms with E-state index in [0.717, 1.165) is 22.2 Å². The van der Waals surface area contributed by atoms with E-state index in [4.69, 9.17) is 4.42 Å². The Bertz CT molecular complexity index is 1200. The van der Waals surface area contributed by atoms with Crippen LogP contribution in [0.1, 0.15) is 11.3 Å². The molecule has 26 heavy (non-hydrogen) atoms. The van der Waals surface area contributed by atoms with E-state index in [1.54, 1.807) is 30.3 Å². The van der Waals surface area contributed by atoms with Crippen molar-refractivity contribution in [3.63, 3.8) is 0 Å². The van der Waals surface area contributed by atoms with Crippen LogP contribution in [0.3, 0.4) is 0 Å². The molecule has 0 spiro atoms. The zero-order valence-electron chi connectivity index (χ0n) is 13.6. The fourth-order valence-corrected chi connectivity index (χ4v) is 2.99. The third-order valence-electron chi connectivity index (χ3n) is 4.26. The molecule has 2 aromatic heterocycles. The van der Waals surface area contributed by atoms with Crippen LogP contribution < -0.4 is 5.63 Å². The van der Waals surface area contributed by atoms with Crippen molar-refractivity contribution in [2.24, 2.45) is 0 Å². The van der Waals surface area contributed by atoms with Crippen LogP contribution in [0.4, 0.5) is 4.39 Å². The van der Waals surface area contributed by atoms with Gasteiger partial charge in [-0.05, 0) is 59.7 Å². The summed E-state index contributed by atoms with van der Waals surface area (Å²) in [5, 5.41) is 10.2. The number of fused-ring (bicyclic) bond motifs is 1. The first-order chi connectivity index (χ1) is 12.6. The predicted octanol–water partition coefficient (Wildman–Crippen LogP) is 4.32. The van der Waals surface area contributed by atoms with Crippen molar-refractivity contribution in [3.8, 4) is 17.3 Å². The summed E-state index contributed by atoms with van der Waals surface area (Å²) < 4.78 is 20.2. The largest absolute Gasteiger partial charge is 0.423 e. The molecule has 0 fully saturated rings. The number of benzene rings is 2. The summed E-state index contributed by atoms with van der Waals surface area (Å²) in [4.78, 5) is 11.3. The van der Waals surface area contributed by atoms with Gasteiger partial charge in [-0.25, -0.2) is 9.18 Å². The average molecular weight is 344 g/mol. The van der Waals surface area contributed by atoms with E-state index in [9.17, 15) is 14.4 Å². The standard InChI is InChI=1S/C21H13FN2O2/c22-17-5-1-14(2-6-17)13-24-18(12-23)7-8-19(24)15-3-9-20-16(11-15)4-10-21(25)26-20/h1-11H,13H2. The lowest BCUT2D eigenvalue weighted by Crippen LogP contribution is -2.04. The molecule has 0 amide bonds. The van der Waals surface area contributed by atoms with E-state index in [1.807, 2.05) is 22.8 Å². The highest BCUT2D eigenvalue weighted by molar-refractivity contribution is 5.82. The second kappa shape index (κ2) is 6.34. The molecule has 0 atom stereocenters. The van der Waals surface area contributed by atoms with E-state index in [2.05, 4.69) is 6.07 Å². The highest BCUT2D eigenvalue weighted by atomic mass is 19.1. The summed E-state index contributed by atoms with van der Waals surface area (Å²) in [5.74, 6) is -0.294. The Morgan fingerprint density at radius 3 is 2.58 bits per heavy atom. The Labute approximate surface area is 148 Å². The van der Waals surface area contributed by atoms with Gasteiger partial charge in [0.25, 0.3) is 0 Å². The normalized spacial score (nSPS) is 10.8. The quantitative estimate of drug-likeness (QED) is 0.520. The zero-order chi connectivity index (χ0) is 18.1. The van der Waals surface area contributed by atoms with Gasteiger partial charge in [0.2, 0.25) is 0 Å². The number of hydrogen-bond acceptors (Lipinski definition) is 3. The van der Waals surface area contributed by atoms with E-state index in [1.165, 1.54) is 18.2 Å². The number of hydrogen-bond donors (Lipinski definition) is 0. The molecule has 0 unspecified atom stereocenters.